The van der Waals surface area contributed by atoms with Crippen molar-refractivity contribution in [3.63, 3.8) is 0 Å². The Hall–Kier alpha value is -4.23. The van der Waals surface area contributed by atoms with E-state index in [1.165, 1.54) is 6.08 Å². The lowest BCUT2D eigenvalue weighted by molar-refractivity contribution is -0.128. The van der Waals surface area contributed by atoms with Crippen molar-refractivity contribution in [3.8, 4) is 12.1 Å². The third kappa shape index (κ3) is 5.49. The smallest absolute Gasteiger partial charge is 0.318 e. The number of carbonyl (C=O) groups excluding carboxylic acids is 1. The first kappa shape index (κ1) is 27.9. The topological polar surface area (TPSA) is 102 Å². The molecule has 0 radical (unpaired) electrons. The van der Waals surface area contributed by atoms with Gasteiger partial charge in [0.05, 0.1) is 36.3 Å². The molecule has 2 unspecified atom stereocenters. The Bertz CT molecular complexity index is 1510. The quantitative estimate of drug-likeness (QED) is 0.398. The average molecular weight is 567 g/mol. The van der Waals surface area contributed by atoms with Crippen LogP contribution in [-0.2, 0) is 17.8 Å². The molecule has 0 saturated carbocycles. The number of likely N-dealkylation sites (N-methyl/N-ethyl adjacent to an activating group) is 1. The first-order valence-corrected chi connectivity index (χ1v) is 14.8. The summed E-state index contributed by atoms with van der Waals surface area (Å²) in [6.45, 7) is 10.6. The van der Waals surface area contributed by atoms with Crippen LogP contribution < -0.4 is 14.5 Å². The summed E-state index contributed by atoms with van der Waals surface area (Å²) in [5.74, 6) is 1.36. The minimum atomic E-state index is -0.235. The van der Waals surface area contributed by atoms with E-state index in [9.17, 15) is 10.1 Å². The molecule has 3 aliphatic heterocycles. The number of fused-ring (bicyclic) bond motifs is 2. The molecule has 0 N–H and O–H groups in total. The van der Waals surface area contributed by atoms with Gasteiger partial charge in [0, 0.05) is 61.6 Å². The third-order valence-electron chi connectivity index (χ3n) is 8.86. The zero-order chi connectivity index (χ0) is 29.2. The zero-order valence-electron chi connectivity index (χ0n) is 24.4. The van der Waals surface area contributed by atoms with Gasteiger partial charge < -0.3 is 19.4 Å². The molecule has 3 aliphatic rings. The molecule has 3 aromatic rings. The number of hydrogen-bond acceptors (Lipinski definition) is 9. The van der Waals surface area contributed by atoms with Crippen LogP contribution in [0.15, 0.2) is 49.2 Å². The predicted molar refractivity (Wildman–Crippen MR) is 162 cm³/mol. The summed E-state index contributed by atoms with van der Waals surface area (Å²) in [6.07, 6.45) is 5.32. The third-order valence-corrected chi connectivity index (χ3v) is 8.86. The largest absolute Gasteiger partial charge is 0.462 e. The van der Waals surface area contributed by atoms with Crippen molar-refractivity contribution in [3.05, 3.63) is 60.4 Å². The molecule has 0 aliphatic carbocycles. The highest BCUT2D eigenvalue weighted by atomic mass is 16.5. The van der Waals surface area contributed by atoms with Crippen LogP contribution in [0.4, 0.5) is 11.5 Å². The number of carbonyl (C=O) groups is 1. The molecule has 10 nitrogen and oxygen atoms in total. The fraction of sp³-hybridized carbons (Fsp3) is 0.469. The van der Waals surface area contributed by atoms with Gasteiger partial charge in [-0.1, -0.05) is 31.7 Å². The Morgan fingerprint density at radius 1 is 1.14 bits per heavy atom. The number of nitrogens with zero attached hydrogens (tertiary/aromatic N) is 8. The molecule has 2 fully saturated rings. The number of aromatic nitrogens is 3. The fourth-order valence-corrected chi connectivity index (χ4v) is 6.74. The van der Waals surface area contributed by atoms with E-state index in [0.29, 0.717) is 50.8 Å². The summed E-state index contributed by atoms with van der Waals surface area (Å²) < 4.78 is 6.32. The van der Waals surface area contributed by atoms with Crippen molar-refractivity contribution in [2.45, 2.75) is 44.8 Å². The Kier molecular flexibility index (Phi) is 7.94. The highest BCUT2D eigenvalue weighted by Crippen LogP contribution is 2.34. The van der Waals surface area contributed by atoms with Crippen LogP contribution >= 0.6 is 0 Å². The van der Waals surface area contributed by atoms with Crippen molar-refractivity contribution >= 4 is 28.3 Å². The van der Waals surface area contributed by atoms with Crippen LogP contribution in [0.5, 0.6) is 6.01 Å². The zero-order valence-corrected chi connectivity index (χ0v) is 24.4. The van der Waals surface area contributed by atoms with Gasteiger partial charge in [-0.15, -0.1) is 0 Å². The molecular weight excluding hydrogens is 528 g/mol. The SMILES string of the molecule is C=CC(=O)N1CCN(c2nc(OC[C@@H]3CC(C)CN3C)nc3c2CCN(c2ccnc4ccccc24)C3)CC1CC#N. The minimum Gasteiger partial charge on any atom is -0.462 e. The number of hydrogen-bond donors (Lipinski definition) is 0. The number of likely N-dealkylation sites (tertiary alicyclic amines) is 1. The average Bonchev–Trinajstić information content (AvgIpc) is 3.34. The molecule has 3 atom stereocenters. The van der Waals surface area contributed by atoms with Crippen LogP contribution in [0.3, 0.4) is 0 Å². The second-order valence-electron chi connectivity index (χ2n) is 11.7. The maximum atomic E-state index is 12.5. The van der Waals surface area contributed by atoms with E-state index in [1.807, 2.05) is 24.4 Å². The standard InChI is InChI=1S/C32H38N8O2/c1-4-30(41)40-16-15-39(19-23(40)9-12-33)31-26-11-14-38(29-10-13-34-27-8-6-5-7-25(27)29)20-28(26)35-32(36-31)42-21-24-17-22(2)18-37(24)3/h4-8,10,13,22-24H,1,9,11,14-21H2,2-3H3/t22?,23?,24-/m0/s1. The van der Waals surface area contributed by atoms with Gasteiger partial charge in [-0.05, 0) is 44.0 Å². The van der Waals surface area contributed by atoms with Gasteiger partial charge in [0.15, 0.2) is 0 Å². The highest BCUT2D eigenvalue weighted by molar-refractivity contribution is 5.91. The van der Waals surface area contributed by atoms with E-state index in [4.69, 9.17) is 14.7 Å². The lowest BCUT2D eigenvalue weighted by atomic mass is 10.0. The van der Waals surface area contributed by atoms with Crippen LogP contribution in [0.25, 0.3) is 10.9 Å². The van der Waals surface area contributed by atoms with Crippen LogP contribution in [0, 0.1) is 17.2 Å². The van der Waals surface area contributed by atoms with Crippen LogP contribution in [-0.4, -0.2) is 89.1 Å². The summed E-state index contributed by atoms with van der Waals surface area (Å²) in [7, 11) is 2.15. The summed E-state index contributed by atoms with van der Waals surface area (Å²) in [4.78, 5) is 35.7. The Labute approximate surface area is 247 Å². The van der Waals surface area contributed by atoms with E-state index >= 15 is 0 Å². The number of nitriles is 1. The predicted octanol–water partition coefficient (Wildman–Crippen LogP) is 3.42. The van der Waals surface area contributed by atoms with Crippen molar-refractivity contribution < 1.29 is 9.53 Å². The summed E-state index contributed by atoms with van der Waals surface area (Å²) in [6, 6.07) is 13.0. The van der Waals surface area contributed by atoms with Gasteiger partial charge in [0.1, 0.15) is 12.4 Å². The van der Waals surface area contributed by atoms with Gasteiger partial charge >= 0.3 is 6.01 Å². The number of rotatable bonds is 7. The number of para-hydroxylation sites is 1. The van der Waals surface area contributed by atoms with E-state index in [2.05, 4.69) is 58.4 Å². The second kappa shape index (κ2) is 11.9. The number of ether oxygens (including phenoxy) is 1. The van der Waals surface area contributed by atoms with E-state index < -0.39 is 0 Å². The Morgan fingerprint density at radius 2 is 2.00 bits per heavy atom. The fourth-order valence-electron chi connectivity index (χ4n) is 6.74. The number of pyridine rings is 1. The monoisotopic (exact) mass is 566 g/mol. The molecule has 218 valence electrons. The van der Waals surface area contributed by atoms with Crippen molar-refractivity contribution in [2.75, 3.05) is 56.2 Å². The minimum absolute atomic E-state index is 0.140. The molecule has 1 amide bonds. The molecule has 0 bridgehead atoms. The van der Waals surface area contributed by atoms with Crippen molar-refractivity contribution in [2.24, 2.45) is 5.92 Å². The Morgan fingerprint density at radius 3 is 2.79 bits per heavy atom. The number of piperazine rings is 1. The van der Waals surface area contributed by atoms with Gasteiger partial charge in [0.25, 0.3) is 0 Å². The molecular formula is C32H38N8O2. The molecule has 42 heavy (non-hydrogen) atoms. The summed E-state index contributed by atoms with van der Waals surface area (Å²) >= 11 is 0. The van der Waals surface area contributed by atoms with Crippen LogP contribution in [0.1, 0.15) is 31.0 Å². The highest BCUT2D eigenvalue weighted by Gasteiger charge is 2.34. The molecule has 6 rings (SSSR count). The van der Waals surface area contributed by atoms with Gasteiger partial charge in [-0.3, -0.25) is 14.7 Å². The van der Waals surface area contributed by atoms with Crippen LogP contribution in [0.2, 0.25) is 0 Å². The number of amides is 1. The maximum absolute atomic E-state index is 12.5. The maximum Gasteiger partial charge on any atom is 0.318 e. The molecule has 0 spiro atoms. The number of anilines is 2. The first-order valence-electron chi connectivity index (χ1n) is 14.8. The van der Waals surface area contributed by atoms with Gasteiger partial charge in [-0.2, -0.15) is 15.2 Å². The molecule has 10 heteroatoms. The van der Waals surface area contributed by atoms with E-state index in [0.717, 1.165) is 59.6 Å². The molecule has 5 heterocycles. The van der Waals surface area contributed by atoms with Crippen molar-refractivity contribution in [1.82, 2.24) is 24.8 Å². The van der Waals surface area contributed by atoms with Crippen molar-refractivity contribution in [1.29, 1.82) is 5.26 Å². The Balaban J connectivity index is 1.32. The normalized spacial score (nSPS) is 22.6. The van der Waals surface area contributed by atoms with Gasteiger partial charge in [-0.25, -0.2) is 0 Å². The first-order chi connectivity index (χ1) is 20.4. The van der Waals surface area contributed by atoms with Gasteiger partial charge in [0.2, 0.25) is 5.91 Å². The lowest BCUT2D eigenvalue weighted by Gasteiger charge is -2.42. The molecule has 1 aromatic carbocycles. The summed E-state index contributed by atoms with van der Waals surface area (Å²) in [5.41, 5.74) is 4.18. The van der Waals surface area contributed by atoms with E-state index in [-0.39, 0.29) is 18.4 Å². The molecule has 2 saturated heterocycles. The summed E-state index contributed by atoms with van der Waals surface area (Å²) in [5, 5.41) is 10.6. The van der Waals surface area contributed by atoms with E-state index in [1.54, 1.807) is 4.90 Å². The number of benzene rings is 1. The molecule has 2 aromatic heterocycles. The lowest BCUT2D eigenvalue weighted by Crippen LogP contribution is -2.55. The second-order valence-corrected chi connectivity index (χ2v) is 11.7.